The highest BCUT2D eigenvalue weighted by atomic mass is 14.9. The van der Waals surface area contributed by atoms with Crippen molar-refractivity contribution in [2.24, 2.45) is 0 Å². The topological polar surface area (TPSA) is 44.5 Å². The highest BCUT2D eigenvalue weighted by Gasteiger charge is 2.08. The predicted molar refractivity (Wildman–Crippen MR) is 73.4 cm³/mol. The van der Waals surface area contributed by atoms with E-state index in [9.17, 15) is 0 Å². The van der Waals surface area contributed by atoms with Crippen LogP contribution in [0.1, 0.15) is 0 Å². The van der Waals surface area contributed by atoms with E-state index in [1.54, 1.807) is 0 Å². The third-order valence-corrected chi connectivity index (χ3v) is 3.23. The maximum absolute atomic E-state index is 4.64. The minimum atomic E-state index is 0.907. The van der Waals surface area contributed by atoms with Crippen LogP contribution < -0.4 is 0 Å². The van der Waals surface area contributed by atoms with Gasteiger partial charge in [-0.1, -0.05) is 24.3 Å². The molecule has 18 heavy (non-hydrogen) atoms. The minimum Gasteiger partial charge on any atom is -0.361 e. The minimum absolute atomic E-state index is 0.907. The number of aromatic nitrogens is 3. The summed E-state index contributed by atoms with van der Waals surface area (Å²) < 4.78 is 0. The van der Waals surface area contributed by atoms with Crippen molar-refractivity contribution in [3.8, 4) is 11.4 Å². The van der Waals surface area contributed by atoms with Crippen molar-refractivity contribution in [2.45, 2.75) is 0 Å². The molecule has 4 aromatic rings. The van der Waals surface area contributed by atoms with Crippen LogP contribution in [0.15, 0.2) is 54.7 Å². The Morgan fingerprint density at radius 1 is 0.889 bits per heavy atom. The lowest BCUT2D eigenvalue weighted by molar-refractivity contribution is 1.33. The van der Waals surface area contributed by atoms with Crippen molar-refractivity contribution < 1.29 is 0 Å². The second-order valence-corrected chi connectivity index (χ2v) is 4.35. The van der Waals surface area contributed by atoms with Crippen molar-refractivity contribution in [1.82, 2.24) is 15.0 Å². The molecule has 3 heteroatoms. The predicted octanol–water partition coefficient (Wildman–Crippen LogP) is 3.71. The highest BCUT2D eigenvalue weighted by Crippen LogP contribution is 2.26. The normalized spacial score (nSPS) is 11.3. The molecule has 0 amide bonds. The van der Waals surface area contributed by atoms with Crippen LogP contribution in [0.25, 0.3) is 33.3 Å². The Labute approximate surface area is 103 Å². The molecule has 2 heterocycles. The highest BCUT2D eigenvalue weighted by molar-refractivity contribution is 5.94. The van der Waals surface area contributed by atoms with E-state index in [4.69, 9.17) is 0 Å². The molecule has 3 nitrogen and oxygen atoms in total. The number of nitrogens with one attached hydrogen (secondary N) is 2. The average Bonchev–Trinajstić information content (AvgIpc) is 3.04. The standard InChI is InChI=1S/C15H11N3/c1-2-7-13-12(6-1)17-15(18-13)11-5-3-4-10-8-9-16-14(10)11/h1-9,16H,(H,17,18). The lowest BCUT2D eigenvalue weighted by Gasteiger charge is -1.98. The number of hydrogen-bond donors (Lipinski definition) is 2. The second kappa shape index (κ2) is 3.47. The fourth-order valence-electron chi connectivity index (χ4n) is 2.36. The van der Waals surface area contributed by atoms with Crippen molar-refractivity contribution in [2.75, 3.05) is 0 Å². The van der Waals surface area contributed by atoms with Gasteiger partial charge in [-0.05, 0) is 24.3 Å². The molecule has 0 aliphatic heterocycles. The van der Waals surface area contributed by atoms with Gasteiger partial charge in [0.15, 0.2) is 0 Å². The van der Waals surface area contributed by atoms with E-state index in [1.807, 2.05) is 30.5 Å². The fourth-order valence-corrected chi connectivity index (χ4v) is 2.36. The van der Waals surface area contributed by atoms with Gasteiger partial charge >= 0.3 is 0 Å². The Morgan fingerprint density at radius 2 is 1.83 bits per heavy atom. The molecule has 0 saturated carbocycles. The summed E-state index contributed by atoms with van der Waals surface area (Å²) in [7, 11) is 0. The van der Waals surface area contributed by atoms with E-state index in [0.29, 0.717) is 0 Å². The van der Waals surface area contributed by atoms with Gasteiger partial charge in [0.05, 0.1) is 16.6 Å². The second-order valence-electron chi connectivity index (χ2n) is 4.35. The molecule has 2 aromatic heterocycles. The number of aromatic amines is 2. The average molecular weight is 233 g/mol. The molecule has 0 atom stereocenters. The van der Waals surface area contributed by atoms with Crippen molar-refractivity contribution >= 4 is 21.9 Å². The van der Waals surface area contributed by atoms with Gasteiger partial charge in [-0.3, -0.25) is 0 Å². The molecule has 4 rings (SSSR count). The van der Waals surface area contributed by atoms with Crippen molar-refractivity contribution in [3.63, 3.8) is 0 Å². The molecule has 2 N–H and O–H groups in total. The zero-order valence-electron chi connectivity index (χ0n) is 9.64. The number of hydrogen-bond acceptors (Lipinski definition) is 1. The number of H-pyrrole nitrogens is 2. The maximum Gasteiger partial charge on any atom is 0.140 e. The van der Waals surface area contributed by atoms with Gasteiger partial charge in [0.2, 0.25) is 0 Å². The van der Waals surface area contributed by atoms with Gasteiger partial charge in [-0.15, -0.1) is 0 Å². The van der Waals surface area contributed by atoms with E-state index < -0.39 is 0 Å². The van der Waals surface area contributed by atoms with Gasteiger partial charge in [-0.2, -0.15) is 0 Å². The lowest BCUT2D eigenvalue weighted by atomic mass is 10.1. The Kier molecular flexibility index (Phi) is 1.83. The summed E-state index contributed by atoms with van der Waals surface area (Å²) in [5.74, 6) is 0.907. The first-order valence-corrected chi connectivity index (χ1v) is 5.93. The summed E-state index contributed by atoms with van der Waals surface area (Å²) in [5.41, 5.74) is 4.29. The van der Waals surface area contributed by atoms with Crippen molar-refractivity contribution in [1.29, 1.82) is 0 Å². The zero-order valence-corrected chi connectivity index (χ0v) is 9.64. The van der Waals surface area contributed by atoms with E-state index in [0.717, 1.165) is 27.9 Å². The van der Waals surface area contributed by atoms with Crippen LogP contribution in [0.5, 0.6) is 0 Å². The van der Waals surface area contributed by atoms with Crippen LogP contribution in [0, 0.1) is 0 Å². The summed E-state index contributed by atoms with van der Waals surface area (Å²) >= 11 is 0. The third kappa shape index (κ3) is 1.27. The summed E-state index contributed by atoms with van der Waals surface area (Å²) in [6.45, 7) is 0. The van der Waals surface area contributed by atoms with Crippen LogP contribution in [-0.2, 0) is 0 Å². The molecular weight excluding hydrogens is 222 g/mol. The molecular formula is C15H11N3. The van der Waals surface area contributed by atoms with Gasteiger partial charge in [0.25, 0.3) is 0 Å². The molecule has 0 spiro atoms. The van der Waals surface area contributed by atoms with E-state index >= 15 is 0 Å². The monoisotopic (exact) mass is 233 g/mol. The Hall–Kier alpha value is -2.55. The maximum atomic E-state index is 4.64. The molecule has 0 bridgehead atoms. The number of nitrogens with zero attached hydrogens (tertiary/aromatic N) is 1. The van der Waals surface area contributed by atoms with E-state index in [2.05, 4.69) is 39.2 Å². The number of rotatable bonds is 1. The van der Waals surface area contributed by atoms with Crippen LogP contribution in [-0.4, -0.2) is 15.0 Å². The molecule has 0 saturated heterocycles. The quantitative estimate of drug-likeness (QED) is 0.517. The molecule has 2 aromatic carbocycles. The Morgan fingerprint density at radius 3 is 2.78 bits per heavy atom. The molecule has 0 radical (unpaired) electrons. The van der Waals surface area contributed by atoms with Gasteiger partial charge < -0.3 is 9.97 Å². The first-order valence-electron chi connectivity index (χ1n) is 5.93. The molecule has 0 fully saturated rings. The van der Waals surface area contributed by atoms with Crippen LogP contribution >= 0.6 is 0 Å². The summed E-state index contributed by atoms with van der Waals surface area (Å²) in [4.78, 5) is 11.3. The lowest BCUT2D eigenvalue weighted by Crippen LogP contribution is -1.82. The summed E-state index contributed by atoms with van der Waals surface area (Å²) in [6, 6.07) is 16.4. The molecule has 86 valence electrons. The fraction of sp³-hybridized carbons (Fsp3) is 0. The van der Waals surface area contributed by atoms with Gasteiger partial charge in [0.1, 0.15) is 5.82 Å². The molecule has 0 aliphatic carbocycles. The van der Waals surface area contributed by atoms with Crippen LogP contribution in [0.2, 0.25) is 0 Å². The van der Waals surface area contributed by atoms with E-state index in [-0.39, 0.29) is 0 Å². The molecule has 0 aliphatic rings. The number of benzene rings is 2. The Bertz CT molecular complexity index is 806. The van der Waals surface area contributed by atoms with Crippen LogP contribution in [0.4, 0.5) is 0 Å². The number of imidazole rings is 1. The number of fused-ring (bicyclic) bond motifs is 2. The van der Waals surface area contributed by atoms with Crippen LogP contribution in [0.3, 0.4) is 0 Å². The first kappa shape index (κ1) is 9.48. The van der Waals surface area contributed by atoms with Gasteiger partial charge in [0, 0.05) is 17.1 Å². The Balaban J connectivity index is 2.04. The zero-order chi connectivity index (χ0) is 11.9. The molecule has 0 unspecified atom stereocenters. The third-order valence-electron chi connectivity index (χ3n) is 3.23. The van der Waals surface area contributed by atoms with Crippen molar-refractivity contribution in [3.05, 3.63) is 54.7 Å². The smallest absolute Gasteiger partial charge is 0.140 e. The number of para-hydroxylation sites is 3. The van der Waals surface area contributed by atoms with E-state index in [1.165, 1.54) is 5.39 Å². The summed E-state index contributed by atoms with van der Waals surface area (Å²) in [5, 5.41) is 1.20. The SMILES string of the molecule is c1cc(-c2nc3ccccc3[nH]2)c2[nH]ccc2c1. The summed E-state index contributed by atoms with van der Waals surface area (Å²) in [6.07, 6.45) is 1.96. The first-order chi connectivity index (χ1) is 8.92. The van der Waals surface area contributed by atoms with Gasteiger partial charge in [-0.25, -0.2) is 4.98 Å². The largest absolute Gasteiger partial charge is 0.361 e.